The quantitative estimate of drug-likeness (QED) is 0.907. The topological polar surface area (TPSA) is 96.3 Å². The van der Waals surface area contributed by atoms with Crippen LogP contribution in [0.4, 0.5) is 4.79 Å². The SMILES string of the molecule is CC(O)C(C#N)c1ccccc1.NC(=O)OCc1ccccc1. The van der Waals surface area contributed by atoms with Crippen molar-refractivity contribution in [1.29, 1.82) is 5.26 Å². The van der Waals surface area contributed by atoms with E-state index in [1.54, 1.807) is 6.92 Å². The zero-order chi connectivity index (χ0) is 17.1. The summed E-state index contributed by atoms with van der Waals surface area (Å²) in [4.78, 5) is 10.2. The first kappa shape index (κ1) is 18.2. The van der Waals surface area contributed by atoms with Crippen LogP contribution in [-0.2, 0) is 11.3 Å². The van der Waals surface area contributed by atoms with Gasteiger partial charge in [0, 0.05) is 0 Å². The van der Waals surface area contributed by atoms with Gasteiger partial charge in [-0.3, -0.25) is 0 Å². The summed E-state index contributed by atoms with van der Waals surface area (Å²) < 4.78 is 4.57. The molecule has 5 heteroatoms. The Balaban J connectivity index is 0.000000231. The minimum absolute atomic E-state index is 0.246. The number of rotatable bonds is 4. The summed E-state index contributed by atoms with van der Waals surface area (Å²) in [5, 5.41) is 18.0. The molecule has 2 aromatic rings. The number of nitriles is 1. The van der Waals surface area contributed by atoms with E-state index >= 15 is 0 Å². The second-order valence-electron chi connectivity index (χ2n) is 4.85. The van der Waals surface area contributed by atoms with Crippen LogP contribution in [-0.4, -0.2) is 17.3 Å². The first-order valence-corrected chi connectivity index (χ1v) is 7.13. The van der Waals surface area contributed by atoms with E-state index in [0.717, 1.165) is 11.1 Å². The number of nitrogens with two attached hydrogens (primary N) is 1. The van der Waals surface area contributed by atoms with E-state index in [0.29, 0.717) is 0 Å². The van der Waals surface area contributed by atoms with E-state index in [4.69, 9.17) is 11.0 Å². The predicted molar refractivity (Wildman–Crippen MR) is 87.3 cm³/mol. The number of benzene rings is 2. The molecule has 120 valence electrons. The van der Waals surface area contributed by atoms with E-state index in [1.165, 1.54) is 0 Å². The standard InChI is InChI=1S/C10H11NO.C8H9NO2/c1-8(12)10(7-11)9-5-3-2-4-6-9;9-8(10)11-6-7-4-2-1-3-5-7/h2-6,8,10,12H,1H3;1-5H,6H2,(H2,9,10). The van der Waals surface area contributed by atoms with Crippen LogP contribution in [0, 0.1) is 11.3 Å². The highest BCUT2D eigenvalue weighted by Gasteiger charge is 2.15. The molecule has 23 heavy (non-hydrogen) atoms. The molecule has 0 saturated heterocycles. The number of nitrogens with zero attached hydrogens (tertiary/aromatic N) is 1. The highest BCUT2D eigenvalue weighted by Crippen LogP contribution is 2.17. The van der Waals surface area contributed by atoms with Gasteiger partial charge in [0.2, 0.25) is 0 Å². The van der Waals surface area contributed by atoms with Crippen molar-refractivity contribution in [3.05, 3.63) is 71.8 Å². The van der Waals surface area contributed by atoms with Gasteiger partial charge in [-0.2, -0.15) is 5.26 Å². The Bertz CT molecular complexity index is 622. The van der Waals surface area contributed by atoms with Crippen LogP contribution < -0.4 is 5.73 Å². The third-order valence-electron chi connectivity index (χ3n) is 3.00. The van der Waals surface area contributed by atoms with Crippen molar-refractivity contribution >= 4 is 6.09 Å². The Hall–Kier alpha value is -2.84. The molecule has 0 saturated carbocycles. The van der Waals surface area contributed by atoms with Gasteiger partial charge in [-0.05, 0) is 18.1 Å². The second-order valence-corrected chi connectivity index (χ2v) is 4.85. The molecule has 2 aromatic carbocycles. The fourth-order valence-corrected chi connectivity index (χ4v) is 1.85. The Kier molecular flexibility index (Phi) is 7.90. The summed E-state index contributed by atoms with van der Waals surface area (Å²) >= 11 is 0. The fraction of sp³-hybridized carbons (Fsp3) is 0.222. The number of aliphatic hydroxyl groups is 1. The Morgan fingerprint density at radius 1 is 1.17 bits per heavy atom. The van der Waals surface area contributed by atoms with Gasteiger partial charge in [0.15, 0.2) is 0 Å². The number of carbonyl (C=O) groups is 1. The molecule has 2 atom stereocenters. The second kappa shape index (κ2) is 9.98. The molecule has 0 aliphatic heterocycles. The molecule has 0 radical (unpaired) electrons. The number of hydrogen-bond donors (Lipinski definition) is 2. The van der Waals surface area contributed by atoms with Gasteiger partial charge in [0.05, 0.1) is 18.1 Å². The Labute approximate surface area is 135 Å². The van der Waals surface area contributed by atoms with Gasteiger partial charge in [-0.25, -0.2) is 4.79 Å². The van der Waals surface area contributed by atoms with Crippen molar-refractivity contribution in [2.45, 2.75) is 25.6 Å². The lowest BCUT2D eigenvalue weighted by Gasteiger charge is -2.11. The monoisotopic (exact) mass is 312 g/mol. The minimum Gasteiger partial charge on any atom is -0.445 e. The zero-order valence-corrected chi connectivity index (χ0v) is 12.9. The van der Waals surface area contributed by atoms with Crippen molar-refractivity contribution in [2.24, 2.45) is 5.73 Å². The summed E-state index contributed by atoms with van der Waals surface area (Å²) in [5.74, 6) is -0.411. The molecule has 1 amide bonds. The van der Waals surface area contributed by atoms with Crippen molar-refractivity contribution in [3.63, 3.8) is 0 Å². The summed E-state index contributed by atoms with van der Waals surface area (Å²) in [6, 6.07) is 20.8. The molecule has 0 aliphatic carbocycles. The van der Waals surface area contributed by atoms with Crippen molar-refractivity contribution < 1.29 is 14.6 Å². The minimum atomic E-state index is -0.742. The largest absolute Gasteiger partial charge is 0.445 e. The average Bonchev–Trinajstić information content (AvgIpc) is 2.56. The number of primary amides is 1. The van der Waals surface area contributed by atoms with Crippen molar-refractivity contribution in [2.75, 3.05) is 0 Å². The summed E-state index contributed by atoms with van der Waals surface area (Å²) in [7, 11) is 0. The molecule has 0 aliphatic rings. The number of carbonyl (C=O) groups excluding carboxylic acids is 1. The zero-order valence-electron chi connectivity index (χ0n) is 12.9. The molecular formula is C18H20N2O3. The van der Waals surface area contributed by atoms with Crippen LogP contribution in [0.25, 0.3) is 0 Å². The van der Waals surface area contributed by atoms with Gasteiger partial charge < -0.3 is 15.6 Å². The van der Waals surface area contributed by atoms with Crippen LogP contribution in [0.15, 0.2) is 60.7 Å². The number of hydrogen-bond acceptors (Lipinski definition) is 4. The third kappa shape index (κ3) is 7.11. The highest BCUT2D eigenvalue weighted by atomic mass is 16.5. The molecule has 2 unspecified atom stereocenters. The fourth-order valence-electron chi connectivity index (χ4n) is 1.85. The third-order valence-corrected chi connectivity index (χ3v) is 3.00. The summed E-state index contributed by atoms with van der Waals surface area (Å²) in [6.07, 6.45) is -1.36. The van der Waals surface area contributed by atoms with E-state index in [-0.39, 0.29) is 6.61 Å². The molecule has 0 fully saturated rings. The maximum absolute atomic E-state index is 10.2. The first-order valence-electron chi connectivity index (χ1n) is 7.13. The molecule has 0 heterocycles. The lowest BCUT2D eigenvalue weighted by molar-refractivity contribution is 0.150. The van der Waals surface area contributed by atoms with Crippen LogP contribution >= 0.6 is 0 Å². The highest BCUT2D eigenvalue weighted by molar-refractivity contribution is 5.64. The number of amides is 1. The van der Waals surface area contributed by atoms with E-state index < -0.39 is 18.1 Å². The molecule has 5 nitrogen and oxygen atoms in total. The Morgan fingerprint density at radius 3 is 2.13 bits per heavy atom. The van der Waals surface area contributed by atoms with Crippen LogP contribution in [0.5, 0.6) is 0 Å². The van der Waals surface area contributed by atoms with Gasteiger partial charge >= 0.3 is 6.09 Å². The summed E-state index contributed by atoms with van der Waals surface area (Å²) in [5.41, 5.74) is 6.59. The summed E-state index contributed by atoms with van der Waals surface area (Å²) in [6.45, 7) is 1.87. The van der Waals surface area contributed by atoms with Gasteiger partial charge in [-0.15, -0.1) is 0 Å². The molecule has 0 bridgehead atoms. The number of ether oxygens (including phenoxy) is 1. The van der Waals surface area contributed by atoms with Crippen LogP contribution in [0.2, 0.25) is 0 Å². The maximum atomic E-state index is 10.2. The number of aliphatic hydroxyl groups excluding tert-OH is 1. The molecule has 3 N–H and O–H groups in total. The van der Waals surface area contributed by atoms with Crippen molar-refractivity contribution in [1.82, 2.24) is 0 Å². The normalized spacial score (nSPS) is 12.0. The van der Waals surface area contributed by atoms with E-state index in [9.17, 15) is 9.90 Å². The average molecular weight is 312 g/mol. The van der Waals surface area contributed by atoms with E-state index in [2.05, 4.69) is 10.8 Å². The molecular weight excluding hydrogens is 292 g/mol. The van der Waals surface area contributed by atoms with E-state index in [1.807, 2.05) is 60.7 Å². The van der Waals surface area contributed by atoms with Crippen LogP contribution in [0.1, 0.15) is 24.0 Å². The smallest absolute Gasteiger partial charge is 0.404 e. The Morgan fingerprint density at radius 2 is 1.70 bits per heavy atom. The van der Waals surface area contributed by atoms with Gasteiger partial charge in [-0.1, -0.05) is 60.7 Å². The maximum Gasteiger partial charge on any atom is 0.404 e. The first-order chi connectivity index (χ1) is 11.0. The van der Waals surface area contributed by atoms with Crippen LogP contribution in [0.3, 0.4) is 0 Å². The van der Waals surface area contributed by atoms with Gasteiger partial charge in [0.1, 0.15) is 6.61 Å². The molecule has 0 spiro atoms. The lowest BCUT2D eigenvalue weighted by atomic mass is 9.96. The molecule has 0 aromatic heterocycles. The van der Waals surface area contributed by atoms with Crippen molar-refractivity contribution in [3.8, 4) is 6.07 Å². The predicted octanol–water partition coefficient (Wildman–Crippen LogP) is 2.96. The van der Waals surface area contributed by atoms with Gasteiger partial charge in [0.25, 0.3) is 0 Å². The lowest BCUT2D eigenvalue weighted by Crippen LogP contribution is -2.12. The molecule has 2 rings (SSSR count).